The van der Waals surface area contributed by atoms with Crippen LogP contribution in [0.4, 0.5) is 0 Å². The zero-order chi connectivity index (χ0) is 13.2. The summed E-state index contributed by atoms with van der Waals surface area (Å²) >= 11 is 1.70. The van der Waals surface area contributed by atoms with Gasteiger partial charge in [0.2, 0.25) is 0 Å². The van der Waals surface area contributed by atoms with Gasteiger partial charge >= 0.3 is 0 Å². The second kappa shape index (κ2) is 5.31. The lowest BCUT2D eigenvalue weighted by atomic mass is 10.2. The predicted molar refractivity (Wildman–Crippen MR) is 78.6 cm³/mol. The summed E-state index contributed by atoms with van der Waals surface area (Å²) < 4.78 is 5.69. The van der Waals surface area contributed by atoms with Crippen molar-refractivity contribution < 1.29 is 4.74 Å². The molecule has 1 aromatic carbocycles. The normalized spacial score (nSPS) is 14.6. The van der Waals surface area contributed by atoms with Gasteiger partial charge in [-0.1, -0.05) is 12.1 Å². The minimum atomic E-state index is 0.584. The van der Waals surface area contributed by atoms with Gasteiger partial charge < -0.3 is 10.5 Å². The molecule has 1 heterocycles. The molecule has 4 heteroatoms. The number of nitrogens with two attached hydrogens (primary N) is 1. The van der Waals surface area contributed by atoms with E-state index in [1.165, 1.54) is 23.4 Å². The fraction of sp³-hybridized carbons (Fsp3) is 0.400. The summed E-state index contributed by atoms with van der Waals surface area (Å²) in [5.41, 5.74) is 8.14. The van der Waals surface area contributed by atoms with E-state index >= 15 is 0 Å². The van der Waals surface area contributed by atoms with Gasteiger partial charge in [-0.2, -0.15) is 0 Å². The van der Waals surface area contributed by atoms with Crippen LogP contribution in [-0.2, 0) is 6.54 Å². The van der Waals surface area contributed by atoms with Crippen molar-refractivity contribution in [2.45, 2.75) is 32.2 Å². The zero-order valence-corrected chi connectivity index (χ0v) is 11.9. The lowest BCUT2D eigenvalue weighted by Gasteiger charge is -2.07. The largest absolute Gasteiger partial charge is 0.493 e. The molecule has 1 aromatic heterocycles. The van der Waals surface area contributed by atoms with E-state index in [2.05, 4.69) is 6.07 Å². The first-order valence-electron chi connectivity index (χ1n) is 6.75. The van der Waals surface area contributed by atoms with Crippen LogP contribution in [-0.4, -0.2) is 11.6 Å². The highest BCUT2D eigenvalue weighted by Crippen LogP contribution is 2.45. The van der Waals surface area contributed by atoms with E-state index in [9.17, 15) is 0 Å². The number of hydrogen-bond donors (Lipinski definition) is 1. The van der Waals surface area contributed by atoms with Crippen LogP contribution in [0.5, 0.6) is 5.75 Å². The maximum Gasteiger partial charge on any atom is 0.129 e. The molecule has 1 aliphatic rings. The summed E-state index contributed by atoms with van der Waals surface area (Å²) in [6.45, 7) is 3.25. The van der Waals surface area contributed by atoms with Crippen LogP contribution < -0.4 is 10.5 Å². The van der Waals surface area contributed by atoms with E-state index in [1.54, 1.807) is 11.3 Å². The number of ether oxygens (including phenoxy) is 1. The Balaban J connectivity index is 2.01. The van der Waals surface area contributed by atoms with Gasteiger partial charge in [-0.25, -0.2) is 4.98 Å². The highest BCUT2D eigenvalue weighted by molar-refractivity contribution is 7.15. The Morgan fingerprint density at radius 3 is 2.84 bits per heavy atom. The smallest absolute Gasteiger partial charge is 0.129 e. The van der Waals surface area contributed by atoms with Crippen LogP contribution in [0.15, 0.2) is 24.3 Å². The van der Waals surface area contributed by atoms with Crippen LogP contribution in [0.25, 0.3) is 10.6 Å². The average molecular weight is 274 g/mol. The van der Waals surface area contributed by atoms with Gasteiger partial charge in [0.15, 0.2) is 0 Å². The van der Waals surface area contributed by atoms with Crippen LogP contribution >= 0.6 is 11.3 Å². The maximum absolute atomic E-state index is 5.84. The number of rotatable bonds is 5. The lowest BCUT2D eigenvalue weighted by Crippen LogP contribution is -1.96. The van der Waals surface area contributed by atoms with E-state index in [1.807, 2.05) is 25.1 Å². The summed E-state index contributed by atoms with van der Waals surface area (Å²) in [6.07, 6.45) is 2.51. The molecule has 0 unspecified atom stereocenters. The van der Waals surface area contributed by atoms with Crippen LogP contribution in [0, 0.1) is 0 Å². The first kappa shape index (κ1) is 12.6. The molecule has 100 valence electrons. The van der Waals surface area contributed by atoms with Gasteiger partial charge in [-0.3, -0.25) is 0 Å². The molecule has 0 amide bonds. The maximum atomic E-state index is 5.84. The molecule has 1 fully saturated rings. The predicted octanol–water partition coefficient (Wildman–Crippen LogP) is 3.54. The molecular weight excluding hydrogens is 256 g/mol. The van der Waals surface area contributed by atoms with Gasteiger partial charge in [0.25, 0.3) is 0 Å². The van der Waals surface area contributed by atoms with E-state index in [0.29, 0.717) is 19.1 Å². The summed E-state index contributed by atoms with van der Waals surface area (Å²) in [5.74, 6) is 1.55. The quantitative estimate of drug-likeness (QED) is 0.907. The molecule has 2 aromatic rings. The minimum absolute atomic E-state index is 0.584. The van der Waals surface area contributed by atoms with Crippen LogP contribution in [0.1, 0.15) is 36.3 Å². The van der Waals surface area contributed by atoms with Crippen molar-refractivity contribution >= 4 is 11.3 Å². The number of thiazole rings is 1. The van der Waals surface area contributed by atoms with E-state index < -0.39 is 0 Å². The van der Waals surface area contributed by atoms with Crippen molar-refractivity contribution in [2.75, 3.05) is 6.61 Å². The van der Waals surface area contributed by atoms with E-state index in [0.717, 1.165) is 16.3 Å². The monoisotopic (exact) mass is 274 g/mol. The van der Waals surface area contributed by atoms with Gasteiger partial charge in [0.05, 0.1) is 17.9 Å². The molecule has 1 aliphatic carbocycles. The van der Waals surface area contributed by atoms with Crippen LogP contribution in [0.2, 0.25) is 0 Å². The Kier molecular flexibility index (Phi) is 3.53. The molecule has 0 saturated heterocycles. The van der Waals surface area contributed by atoms with Crippen molar-refractivity contribution in [3.63, 3.8) is 0 Å². The van der Waals surface area contributed by atoms with E-state index in [4.69, 9.17) is 15.5 Å². The Morgan fingerprint density at radius 1 is 1.37 bits per heavy atom. The molecule has 0 aliphatic heterocycles. The van der Waals surface area contributed by atoms with Crippen molar-refractivity contribution in [3.8, 4) is 16.3 Å². The third kappa shape index (κ3) is 2.51. The summed E-state index contributed by atoms with van der Waals surface area (Å²) in [4.78, 5) is 6.04. The Hall–Kier alpha value is -1.39. The Bertz CT molecular complexity index is 575. The Labute approximate surface area is 117 Å². The first-order chi connectivity index (χ1) is 9.33. The lowest BCUT2D eigenvalue weighted by molar-refractivity contribution is 0.341. The Morgan fingerprint density at radius 2 is 2.16 bits per heavy atom. The molecule has 0 bridgehead atoms. The molecule has 19 heavy (non-hydrogen) atoms. The molecule has 3 nitrogen and oxygen atoms in total. The molecule has 2 N–H and O–H groups in total. The second-order valence-corrected chi connectivity index (χ2v) is 5.82. The van der Waals surface area contributed by atoms with Gasteiger partial charge in [-0.05, 0) is 31.9 Å². The second-order valence-electron chi connectivity index (χ2n) is 4.74. The number of hydrogen-bond acceptors (Lipinski definition) is 4. The number of aromatic nitrogens is 1. The standard InChI is InChI=1S/C15H18N2OS/c1-2-18-12-6-4-3-5-11(12)15-17-14(10-7-8-10)13(9-16)19-15/h3-6,10H,2,7-9,16H2,1H3. The van der Waals surface area contributed by atoms with Gasteiger partial charge in [0, 0.05) is 17.3 Å². The topological polar surface area (TPSA) is 48.1 Å². The molecular formula is C15H18N2OS. The van der Waals surface area contributed by atoms with Crippen molar-refractivity contribution in [1.82, 2.24) is 4.98 Å². The third-order valence-electron chi connectivity index (χ3n) is 3.29. The number of benzene rings is 1. The van der Waals surface area contributed by atoms with Gasteiger partial charge in [-0.15, -0.1) is 11.3 Å². The highest BCUT2D eigenvalue weighted by Gasteiger charge is 2.29. The van der Waals surface area contributed by atoms with Crippen molar-refractivity contribution in [2.24, 2.45) is 5.73 Å². The molecule has 0 radical (unpaired) electrons. The molecule has 0 atom stereocenters. The summed E-state index contributed by atoms with van der Waals surface area (Å²) in [6, 6.07) is 8.09. The van der Waals surface area contributed by atoms with Crippen molar-refractivity contribution in [3.05, 3.63) is 34.8 Å². The minimum Gasteiger partial charge on any atom is -0.493 e. The van der Waals surface area contributed by atoms with Crippen molar-refractivity contribution in [1.29, 1.82) is 0 Å². The zero-order valence-electron chi connectivity index (χ0n) is 11.1. The molecule has 1 saturated carbocycles. The highest BCUT2D eigenvalue weighted by atomic mass is 32.1. The van der Waals surface area contributed by atoms with Gasteiger partial charge in [0.1, 0.15) is 10.8 Å². The third-order valence-corrected chi connectivity index (χ3v) is 4.42. The fourth-order valence-corrected chi connectivity index (χ4v) is 3.28. The number of para-hydroxylation sites is 1. The fourth-order valence-electron chi connectivity index (χ4n) is 2.23. The first-order valence-corrected chi connectivity index (χ1v) is 7.57. The summed E-state index contributed by atoms with van der Waals surface area (Å²) in [7, 11) is 0. The average Bonchev–Trinajstić information content (AvgIpc) is 3.19. The SMILES string of the molecule is CCOc1ccccc1-c1nc(C2CC2)c(CN)s1. The molecule has 0 spiro atoms. The number of nitrogens with zero attached hydrogens (tertiary/aromatic N) is 1. The van der Waals surface area contributed by atoms with E-state index in [-0.39, 0.29) is 0 Å². The van der Waals surface area contributed by atoms with Crippen LogP contribution in [0.3, 0.4) is 0 Å². The summed E-state index contributed by atoms with van der Waals surface area (Å²) in [5, 5.41) is 1.03. The molecule has 3 rings (SSSR count).